The van der Waals surface area contributed by atoms with Crippen molar-refractivity contribution in [2.24, 2.45) is 0 Å². The largest absolute Gasteiger partial charge is 0.383 e. The number of hydrogen-bond donors (Lipinski definition) is 0. The summed E-state index contributed by atoms with van der Waals surface area (Å²) in [4.78, 5) is -0.336. The van der Waals surface area contributed by atoms with Crippen molar-refractivity contribution in [3.8, 4) is 0 Å². The minimum atomic E-state index is -3.93. The van der Waals surface area contributed by atoms with Crippen LogP contribution in [-0.2, 0) is 20.6 Å². The van der Waals surface area contributed by atoms with E-state index in [2.05, 4.69) is 0 Å². The predicted molar refractivity (Wildman–Crippen MR) is 81.5 cm³/mol. The molecule has 0 spiro atoms. The van der Waals surface area contributed by atoms with Gasteiger partial charge in [-0.15, -0.1) is 11.6 Å². The smallest absolute Gasteiger partial charge is 0.246 e. The van der Waals surface area contributed by atoms with Crippen molar-refractivity contribution >= 4 is 21.6 Å². The molecular formula is C14H21ClFNO3S. The van der Waals surface area contributed by atoms with Gasteiger partial charge in [-0.25, -0.2) is 12.8 Å². The Bertz CT molecular complexity index is 565. The van der Waals surface area contributed by atoms with Crippen LogP contribution in [0.15, 0.2) is 23.1 Å². The number of rotatable bonds is 8. The second-order valence-electron chi connectivity index (χ2n) is 4.76. The number of hydrogen-bond acceptors (Lipinski definition) is 3. The average molecular weight is 338 g/mol. The summed E-state index contributed by atoms with van der Waals surface area (Å²) >= 11 is 5.70. The fraction of sp³-hybridized carbons (Fsp3) is 0.571. The van der Waals surface area contributed by atoms with Crippen LogP contribution in [0.5, 0.6) is 0 Å². The van der Waals surface area contributed by atoms with E-state index in [1.165, 1.54) is 23.5 Å². The van der Waals surface area contributed by atoms with Crippen LogP contribution in [0.1, 0.15) is 25.8 Å². The molecule has 7 heteroatoms. The summed E-state index contributed by atoms with van der Waals surface area (Å²) in [6.45, 7) is 4.10. The van der Waals surface area contributed by atoms with Crippen molar-refractivity contribution in [3.05, 3.63) is 29.6 Å². The first-order valence-corrected chi connectivity index (χ1v) is 8.71. The van der Waals surface area contributed by atoms with Crippen LogP contribution in [0, 0.1) is 5.82 Å². The van der Waals surface area contributed by atoms with E-state index in [9.17, 15) is 12.8 Å². The highest BCUT2D eigenvalue weighted by Crippen LogP contribution is 2.24. The van der Waals surface area contributed by atoms with E-state index >= 15 is 0 Å². The highest BCUT2D eigenvalue weighted by molar-refractivity contribution is 7.89. The summed E-state index contributed by atoms with van der Waals surface area (Å²) in [6, 6.07) is 3.66. The molecule has 21 heavy (non-hydrogen) atoms. The summed E-state index contributed by atoms with van der Waals surface area (Å²) < 4.78 is 45.6. The zero-order chi connectivity index (χ0) is 16.0. The maximum Gasteiger partial charge on any atom is 0.246 e. The molecule has 1 unspecified atom stereocenters. The third kappa shape index (κ3) is 4.39. The van der Waals surface area contributed by atoms with Gasteiger partial charge in [0.25, 0.3) is 0 Å². The van der Waals surface area contributed by atoms with Gasteiger partial charge in [-0.3, -0.25) is 0 Å². The summed E-state index contributed by atoms with van der Waals surface area (Å²) in [5.41, 5.74) is 0.562. The number of methoxy groups -OCH3 is 1. The van der Waals surface area contributed by atoms with E-state index in [0.29, 0.717) is 12.0 Å². The molecule has 0 aliphatic heterocycles. The zero-order valence-electron chi connectivity index (χ0n) is 12.5. The Labute approximate surface area is 130 Å². The summed E-state index contributed by atoms with van der Waals surface area (Å²) in [5.74, 6) is -0.640. The summed E-state index contributed by atoms with van der Waals surface area (Å²) in [5, 5.41) is 0. The third-order valence-corrected chi connectivity index (χ3v) is 5.67. The molecular weight excluding hydrogens is 317 g/mol. The molecule has 4 nitrogen and oxygen atoms in total. The summed E-state index contributed by atoms with van der Waals surface area (Å²) in [6.07, 6.45) is 0.625. The van der Waals surface area contributed by atoms with Crippen molar-refractivity contribution < 1.29 is 17.5 Å². The Morgan fingerprint density at radius 1 is 1.43 bits per heavy atom. The van der Waals surface area contributed by atoms with Gasteiger partial charge in [0, 0.05) is 25.6 Å². The van der Waals surface area contributed by atoms with Gasteiger partial charge in [0.2, 0.25) is 10.0 Å². The highest BCUT2D eigenvalue weighted by atomic mass is 35.5. The minimum absolute atomic E-state index is 0.129. The predicted octanol–water partition coefficient (Wildman–Crippen LogP) is 3.00. The Kier molecular flexibility index (Phi) is 7.06. The lowest BCUT2D eigenvalue weighted by Crippen LogP contribution is -2.40. The Morgan fingerprint density at radius 2 is 2.10 bits per heavy atom. The second kappa shape index (κ2) is 8.08. The molecule has 1 aromatic carbocycles. The first-order chi connectivity index (χ1) is 9.88. The van der Waals surface area contributed by atoms with Crippen LogP contribution < -0.4 is 0 Å². The fourth-order valence-electron chi connectivity index (χ4n) is 1.92. The molecule has 0 aliphatic carbocycles. The van der Waals surface area contributed by atoms with Crippen molar-refractivity contribution in [1.29, 1.82) is 0 Å². The molecule has 0 saturated carbocycles. The number of nitrogens with zero attached hydrogens (tertiary/aromatic N) is 1. The van der Waals surface area contributed by atoms with Gasteiger partial charge in [0.1, 0.15) is 10.7 Å². The second-order valence-corrected chi connectivity index (χ2v) is 6.89. The molecule has 0 aliphatic rings. The molecule has 0 N–H and O–H groups in total. The molecule has 0 fully saturated rings. The Balaban J connectivity index is 3.27. The number of halogens is 2. The molecule has 120 valence electrons. The molecule has 1 aromatic rings. The van der Waals surface area contributed by atoms with Crippen LogP contribution in [-0.4, -0.2) is 39.0 Å². The zero-order valence-corrected chi connectivity index (χ0v) is 14.0. The Morgan fingerprint density at radius 3 is 2.62 bits per heavy atom. The first-order valence-electron chi connectivity index (χ1n) is 6.73. The average Bonchev–Trinajstić information content (AvgIpc) is 2.47. The maximum absolute atomic E-state index is 14.0. The molecule has 0 amide bonds. The van der Waals surface area contributed by atoms with E-state index in [-0.39, 0.29) is 30.0 Å². The molecule has 1 rings (SSSR count). The lowest BCUT2D eigenvalue weighted by Gasteiger charge is -2.27. The first kappa shape index (κ1) is 18.4. The number of benzene rings is 1. The maximum atomic E-state index is 14.0. The number of ether oxygens (including phenoxy) is 1. The van der Waals surface area contributed by atoms with Crippen molar-refractivity contribution in [2.45, 2.75) is 37.1 Å². The Hall–Kier alpha value is -0.690. The molecule has 0 saturated heterocycles. The lowest BCUT2D eigenvalue weighted by molar-refractivity contribution is 0.167. The highest BCUT2D eigenvalue weighted by Gasteiger charge is 2.30. The van der Waals surface area contributed by atoms with Gasteiger partial charge in [-0.2, -0.15) is 4.31 Å². The van der Waals surface area contributed by atoms with E-state index in [0.717, 1.165) is 6.07 Å². The quantitative estimate of drug-likeness (QED) is 0.685. The standard InChI is InChI=1S/C14H21ClFNO3S/c1-4-11(2)17(7-8-20-3)21(18,19)14-9-12(10-15)5-6-13(14)16/h5-6,9,11H,4,7-8,10H2,1-3H3. The van der Waals surface area contributed by atoms with Gasteiger partial charge in [0.05, 0.1) is 6.61 Å². The van der Waals surface area contributed by atoms with Gasteiger partial charge < -0.3 is 4.74 Å². The lowest BCUT2D eigenvalue weighted by atomic mass is 10.2. The summed E-state index contributed by atoms with van der Waals surface area (Å²) in [7, 11) is -2.43. The topological polar surface area (TPSA) is 46.6 Å². The van der Waals surface area contributed by atoms with Gasteiger partial charge in [-0.1, -0.05) is 13.0 Å². The van der Waals surface area contributed by atoms with E-state index in [1.807, 2.05) is 6.92 Å². The SMILES string of the molecule is CCC(C)N(CCOC)S(=O)(=O)c1cc(CCl)ccc1F. The number of alkyl halides is 1. The van der Waals surface area contributed by atoms with Crippen molar-refractivity contribution in [3.63, 3.8) is 0 Å². The molecule has 0 bridgehead atoms. The molecule has 0 radical (unpaired) electrons. The van der Waals surface area contributed by atoms with Crippen molar-refractivity contribution in [1.82, 2.24) is 4.31 Å². The monoisotopic (exact) mass is 337 g/mol. The van der Waals surface area contributed by atoms with Crippen LogP contribution in [0.25, 0.3) is 0 Å². The van der Waals surface area contributed by atoms with Gasteiger partial charge in [0.15, 0.2) is 0 Å². The van der Waals surface area contributed by atoms with Gasteiger partial charge >= 0.3 is 0 Å². The number of sulfonamides is 1. The third-order valence-electron chi connectivity index (χ3n) is 3.33. The van der Waals surface area contributed by atoms with Gasteiger partial charge in [-0.05, 0) is 31.0 Å². The normalized spacial score (nSPS) is 13.6. The van der Waals surface area contributed by atoms with Crippen LogP contribution in [0.4, 0.5) is 4.39 Å². The van der Waals surface area contributed by atoms with Crippen LogP contribution in [0.2, 0.25) is 0 Å². The van der Waals surface area contributed by atoms with E-state index in [4.69, 9.17) is 16.3 Å². The van der Waals surface area contributed by atoms with E-state index < -0.39 is 15.8 Å². The molecule has 0 aromatic heterocycles. The van der Waals surface area contributed by atoms with Crippen LogP contribution in [0.3, 0.4) is 0 Å². The van der Waals surface area contributed by atoms with Crippen LogP contribution >= 0.6 is 11.6 Å². The van der Waals surface area contributed by atoms with Crippen molar-refractivity contribution in [2.75, 3.05) is 20.3 Å². The fourth-order valence-corrected chi connectivity index (χ4v) is 3.89. The molecule has 1 atom stereocenters. The minimum Gasteiger partial charge on any atom is -0.383 e. The van der Waals surface area contributed by atoms with E-state index in [1.54, 1.807) is 6.92 Å². The molecule has 0 heterocycles.